The van der Waals surface area contributed by atoms with Crippen molar-refractivity contribution in [3.05, 3.63) is 0 Å². The summed E-state index contributed by atoms with van der Waals surface area (Å²) < 4.78 is 5.81. The van der Waals surface area contributed by atoms with E-state index >= 15 is 0 Å². The summed E-state index contributed by atoms with van der Waals surface area (Å²) in [7, 11) is 0. The minimum absolute atomic E-state index is 0.0363. The molecule has 2 saturated carbocycles. The van der Waals surface area contributed by atoms with E-state index in [9.17, 15) is 9.90 Å². The van der Waals surface area contributed by atoms with Crippen LogP contribution in [0.25, 0.3) is 0 Å². The van der Waals surface area contributed by atoms with Crippen LogP contribution in [0.1, 0.15) is 142 Å². The van der Waals surface area contributed by atoms with Crippen LogP contribution in [0, 0.1) is 11.8 Å². The number of nitrogens with zero attached hydrogens (tertiary/aromatic N) is 1. The molecule has 0 aliphatic heterocycles. The second-order valence-electron chi connectivity index (χ2n) is 11.3. The first-order valence-corrected chi connectivity index (χ1v) is 15.3. The lowest BCUT2D eigenvalue weighted by molar-refractivity contribution is -0.151. The summed E-state index contributed by atoms with van der Waals surface area (Å²) in [5, 5.41) is 9.34. The Hall–Kier alpha value is -0.610. The van der Waals surface area contributed by atoms with Gasteiger partial charge in [0, 0.05) is 13.0 Å². The third-order valence-corrected chi connectivity index (χ3v) is 8.43. The number of esters is 1. The highest BCUT2D eigenvalue weighted by Crippen LogP contribution is 2.38. The lowest BCUT2D eigenvalue weighted by Crippen LogP contribution is -2.29. The van der Waals surface area contributed by atoms with E-state index in [2.05, 4.69) is 11.8 Å². The van der Waals surface area contributed by atoms with Gasteiger partial charge in [0.15, 0.2) is 0 Å². The quantitative estimate of drug-likeness (QED) is 0.153. The monoisotopic (exact) mass is 479 g/mol. The summed E-state index contributed by atoms with van der Waals surface area (Å²) in [4.78, 5) is 14.7. The first kappa shape index (κ1) is 29.6. The minimum Gasteiger partial charge on any atom is -0.462 e. The fourth-order valence-corrected chi connectivity index (χ4v) is 6.26. The number of unbranched alkanes of at least 4 members (excludes halogenated alkanes) is 9. The Morgan fingerprint density at radius 2 is 1.26 bits per heavy atom. The van der Waals surface area contributed by atoms with E-state index < -0.39 is 0 Å². The maximum Gasteiger partial charge on any atom is 0.306 e. The highest BCUT2D eigenvalue weighted by Gasteiger charge is 2.29. The number of carbonyl (C=O) groups excluding carboxylic acids is 1. The number of hydrogen-bond acceptors (Lipinski definition) is 4. The standard InChI is InChI=1S/C30H57NO3/c1-2-3-4-5-8-14-23-31(25-26-32)24-15-9-6-7-13-18-30(33)34-29-21-19-28(20-22-29)27-16-11-10-12-17-27/h27-29,32H,2-26H2,1H3. The summed E-state index contributed by atoms with van der Waals surface area (Å²) in [5.41, 5.74) is 0. The zero-order valence-electron chi connectivity index (χ0n) is 22.6. The molecule has 0 bridgehead atoms. The smallest absolute Gasteiger partial charge is 0.306 e. The molecule has 2 aliphatic carbocycles. The topological polar surface area (TPSA) is 49.8 Å². The molecule has 34 heavy (non-hydrogen) atoms. The number of ether oxygens (including phenoxy) is 1. The molecule has 1 N–H and O–H groups in total. The molecule has 0 heterocycles. The molecule has 4 heteroatoms. The van der Waals surface area contributed by atoms with E-state index in [1.807, 2.05) is 0 Å². The maximum atomic E-state index is 12.3. The van der Waals surface area contributed by atoms with Crippen LogP contribution in [0.5, 0.6) is 0 Å². The minimum atomic E-state index is 0.0363. The van der Waals surface area contributed by atoms with E-state index in [1.54, 1.807) is 0 Å². The molecule has 0 aromatic rings. The van der Waals surface area contributed by atoms with Crippen molar-refractivity contribution in [2.24, 2.45) is 11.8 Å². The van der Waals surface area contributed by atoms with Gasteiger partial charge in [0.1, 0.15) is 6.10 Å². The first-order valence-electron chi connectivity index (χ1n) is 15.3. The Labute approximate surface area is 211 Å². The van der Waals surface area contributed by atoms with Crippen LogP contribution in [0.3, 0.4) is 0 Å². The van der Waals surface area contributed by atoms with Crippen molar-refractivity contribution in [1.82, 2.24) is 4.90 Å². The van der Waals surface area contributed by atoms with Gasteiger partial charge >= 0.3 is 5.97 Å². The summed E-state index contributed by atoms with van der Waals surface area (Å²) in [6, 6.07) is 0. The van der Waals surface area contributed by atoms with E-state index in [1.165, 1.54) is 103 Å². The Morgan fingerprint density at radius 3 is 1.88 bits per heavy atom. The second kappa shape index (κ2) is 19.6. The van der Waals surface area contributed by atoms with Gasteiger partial charge in [-0.25, -0.2) is 0 Å². The molecule has 0 unspecified atom stereocenters. The van der Waals surface area contributed by atoms with Gasteiger partial charge in [0.05, 0.1) is 6.61 Å². The highest BCUT2D eigenvalue weighted by atomic mass is 16.5. The zero-order chi connectivity index (χ0) is 24.3. The SMILES string of the molecule is CCCCCCCCN(CCO)CCCCCCCC(=O)OC1CCC(C2CCCCC2)CC1. The molecule has 2 aliphatic rings. The largest absolute Gasteiger partial charge is 0.462 e. The average Bonchev–Trinajstić information content (AvgIpc) is 2.86. The Balaban J connectivity index is 1.42. The van der Waals surface area contributed by atoms with Crippen LogP contribution in [-0.2, 0) is 9.53 Å². The lowest BCUT2D eigenvalue weighted by Gasteiger charge is -2.35. The fraction of sp³-hybridized carbons (Fsp3) is 0.967. The van der Waals surface area contributed by atoms with Crippen molar-refractivity contribution >= 4 is 5.97 Å². The molecule has 0 spiro atoms. The van der Waals surface area contributed by atoms with Crippen molar-refractivity contribution < 1.29 is 14.6 Å². The number of carbonyl (C=O) groups is 1. The summed E-state index contributed by atoms with van der Waals surface area (Å²) in [6.45, 7) is 5.56. The van der Waals surface area contributed by atoms with E-state index in [0.29, 0.717) is 6.42 Å². The molecule has 0 radical (unpaired) electrons. The van der Waals surface area contributed by atoms with Crippen molar-refractivity contribution in [3.8, 4) is 0 Å². The summed E-state index contributed by atoms with van der Waals surface area (Å²) in [6.07, 6.45) is 26.4. The molecule has 2 fully saturated rings. The third-order valence-electron chi connectivity index (χ3n) is 8.43. The van der Waals surface area contributed by atoms with Gasteiger partial charge in [-0.2, -0.15) is 0 Å². The third kappa shape index (κ3) is 13.5. The molecule has 4 nitrogen and oxygen atoms in total. The van der Waals surface area contributed by atoms with E-state index in [4.69, 9.17) is 4.74 Å². The predicted molar refractivity (Wildman–Crippen MR) is 143 cm³/mol. The summed E-state index contributed by atoms with van der Waals surface area (Å²) in [5.74, 6) is 1.89. The van der Waals surface area contributed by atoms with Gasteiger partial charge in [0.25, 0.3) is 0 Å². The van der Waals surface area contributed by atoms with Gasteiger partial charge in [-0.15, -0.1) is 0 Å². The van der Waals surface area contributed by atoms with Crippen LogP contribution in [0.2, 0.25) is 0 Å². The predicted octanol–water partition coefficient (Wildman–Crippen LogP) is 7.66. The Kier molecular flexibility index (Phi) is 17.0. The molecule has 0 atom stereocenters. The zero-order valence-corrected chi connectivity index (χ0v) is 22.6. The van der Waals surface area contributed by atoms with Gasteiger partial charge in [-0.1, -0.05) is 90.4 Å². The van der Waals surface area contributed by atoms with Crippen LogP contribution in [-0.4, -0.2) is 48.3 Å². The highest BCUT2D eigenvalue weighted by molar-refractivity contribution is 5.69. The number of aliphatic hydroxyl groups excluding tert-OH is 1. The average molecular weight is 480 g/mol. The molecule has 200 valence electrons. The maximum absolute atomic E-state index is 12.3. The van der Waals surface area contributed by atoms with Crippen LogP contribution >= 0.6 is 0 Å². The Morgan fingerprint density at radius 1 is 0.706 bits per heavy atom. The normalized spacial score (nSPS) is 21.7. The van der Waals surface area contributed by atoms with Crippen LogP contribution < -0.4 is 0 Å². The Bertz CT molecular complexity index is 483. The lowest BCUT2D eigenvalue weighted by atomic mass is 9.73. The number of rotatable bonds is 19. The molecular weight excluding hydrogens is 422 g/mol. The van der Waals surface area contributed by atoms with Gasteiger partial charge in [0.2, 0.25) is 0 Å². The molecule has 0 saturated heterocycles. The van der Waals surface area contributed by atoms with Crippen LogP contribution in [0.15, 0.2) is 0 Å². The van der Waals surface area contributed by atoms with Gasteiger partial charge < -0.3 is 14.7 Å². The molecule has 0 amide bonds. The fourth-order valence-electron chi connectivity index (χ4n) is 6.26. The molecule has 0 aromatic heterocycles. The van der Waals surface area contributed by atoms with Gasteiger partial charge in [-0.3, -0.25) is 4.79 Å². The number of aliphatic hydroxyl groups is 1. The molecule has 0 aromatic carbocycles. The van der Waals surface area contributed by atoms with E-state index in [0.717, 1.165) is 57.2 Å². The number of hydrogen-bond donors (Lipinski definition) is 1. The second-order valence-corrected chi connectivity index (χ2v) is 11.3. The van der Waals surface area contributed by atoms with Crippen molar-refractivity contribution in [2.75, 3.05) is 26.2 Å². The molecule has 2 rings (SSSR count). The van der Waals surface area contributed by atoms with Crippen molar-refractivity contribution in [1.29, 1.82) is 0 Å². The van der Waals surface area contributed by atoms with Crippen molar-refractivity contribution in [3.63, 3.8) is 0 Å². The van der Waals surface area contributed by atoms with Gasteiger partial charge in [-0.05, 0) is 69.9 Å². The molecular formula is C30H57NO3. The van der Waals surface area contributed by atoms with Crippen molar-refractivity contribution in [2.45, 2.75) is 148 Å². The van der Waals surface area contributed by atoms with Crippen LogP contribution in [0.4, 0.5) is 0 Å². The summed E-state index contributed by atoms with van der Waals surface area (Å²) >= 11 is 0. The first-order chi connectivity index (χ1) is 16.7. The van der Waals surface area contributed by atoms with E-state index in [-0.39, 0.29) is 18.7 Å².